The molecule has 0 aliphatic carbocycles. The molecule has 130 valence electrons. The van der Waals surface area contributed by atoms with Crippen LogP contribution in [0.15, 0.2) is 35.3 Å². The van der Waals surface area contributed by atoms with Crippen LogP contribution in [0, 0.1) is 17.0 Å². The van der Waals surface area contributed by atoms with E-state index in [1.165, 1.54) is 0 Å². The van der Waals surface area contributed by atoms with E-state index in [1.807, 2.05) is 6.92 Å². The van der Waals surface area contributed by atoms with E-state index in [-0.39, 0.29) is 0 Å². The SMILES string of the molecule is Cc1ccc(NC(=O)Cn2cc([N+](=O)[O-])cc(C(N)=O)c2=O)c(Cl)c1. The molecule has 2 amide bonds. The second kappa shape index (κ2) is 7.14. The van der Waals surface area contributed by atoms with Crippen LogP contribution in [0.3, 0.4) is 0 Å². The highest BCUT2D eigenvalue weighted by atomic mass is 35.5. The molecule has 0 aliphatic heterocycles. The lowest BCUT2D eigenvalue weighted by Gasteiger charge is -2.10. The molecule has 0 fully saturated rings. The van der Waals surface area contributed by atoms with Gasteiger partial charge in [-0.25, -0.2) is 0 Å². The van der Waals surface area contributed by atoms with Crippen molar-refractivity contribution in [2.45, 2.75) is 13.5 Å². The molecule has 0 spiro atoms. The Morgan fingerprint density at radius 1 is 1.36 bits per heavy atom. The van der Waals surface area contributed by atoms with E-state index >= 15 is 0 Å². The number of halogens is 1. The number of carbonyl (C=O) groups is 2. The third-order valence-electron chi connectivity index (χ3n) is 3.26. The Bertz CT molecular complexity index is 938. The van der Waals surface area contributed by atoms with Crippen LogP contribution in [0.25, 0.3) is 0 Å². The van der Waals surface area contributed by atoms with Crippen molar-refractivity contribution in [3.8, 4) is 0 Å². The first-order valence-corrected chi connectivity index (χ1v) is 7.31. The average Bonchev–Trinajstić information content (AvgIpc) is 2.51. The van der Waals surface area contributed by atoms with Crippen molar-refractivity contribution >= 4 is 34.8 Å². The Labute approximate surface area is 146 Å². The molecule has 2 rings (SSSR count). The monoisotopic (exact) mass is 364 g/mol. The van der Waals surface area contributed by atoms with Gasteiger partial charge in [0.05, 0.1) is 21.8 Å². The first-order chi connectivity index (χ1) is 11.7. The van der Waals surface area contributed by atoms with Crippen LogP contribution in [0.2, 0.25) is 5.02 Å². The van der Waals surface area contributed by atoms with Crippen LogP contribution in [0.5, 0.6) is 0 Å². The van der Waals surface area contributed by atoms with Gasteiger partial charge in [0.2, 0.25) is 5.91 Å². The minimum absolute atomic E-state index is 0.303. The van der Waals surface area contributed by atoms with Gasteiger partial charge in [0.15, 0.2) is 0 Å². The maximum absolute atomic E-state index is 12.1. The number of nitrogens with one attached hydrogen (secondary N) is 1. The number of nitro groups is 1. The minimum atomic E-state index is -1.12. The van der Waals surface area contributed by atoms with Crippen molar-refractivity contribution in [1.29, 1.82) is 0 Å². The fourth-order valence-corrected chi connectivity index (χ4v) is 2.36. The number of aromatic nitrogens is 1. The Hall–Kier alpha value is -3.20. The highest BCUT2D eigenvalue weighted by molar-refractivity contribution is 6.33. The average molecular weight is 365 g/mol. The van der Waals surface area contributed by atoms with Crippen LogP contribution < -0.4 is 16.6 Å². The third kappa shape index (κ3) is 4.21. The number of primary amides is 1. The van der Waals surface area contributed by atoms with Gasteiger partial charge in [0.1, 0.15) is 12.1 Å². The van der Waals surface area contributed by atoms with Gasteiger partial charge in [-0.3, -0.25) is 29.1 Å². The molecule has 0 unspecified atom stereocenters. The quantitative estimate of drug-likeness (QED) is 0.611. The number of amides is 2. The second-order valence-corrected chi connectivity index (χ2v) is 5.61. The summed E-state index contributed by atoms with van der Waals surface area (Å²) in [6.45, 7) is 1.27. The molecule has 0 aliphatic rings. The summed E-state index contributed by atoms with van der Waals surface area (Å²) in [6.07, 6.45) is 0.866. The van der Waals surface area contributed by atoms with Crippen LogP contribution in [0.4, 0.5) is 11.4 Å². The third-order valence-corrected chi connectivity index (χ3v) is 3.57. The highest BCUT2D eigenvalue weighted by Crippen LogP contribution is 2.22. The molecule has 0 saturated heterocycles. The predicted octanol–water partition coefficient (Wildman–Crippen LogP) is 1.46. The van der Waals surface area contributed by atoms with Gasteiger partial charge in [0.25, 0.3) is 17.2 Å². The molecule has 9 nitrogen and oxygen atoms in total. The van der Waals surface area contributed by atoms with Gasteiger partial charge in [-0.1, -0.05) is 17.7 Å². The number of hydrogen-bond acceptors (Lipinski definition) is 5. The van der Waals surface area contributed by atoms with Crippen molar-refractivity contribution in [1.82, 2.24) is 4.57 Å². The maximum Gasteiger partial charge on any atom is 0.286 e. The first-order valence-electron chi connectivity index (χ1n) is 6.93. The van der Waals surface area contributed by atoms with E-state index in [0.29, 0.717) is 10.7 Å². The summed E-state index contributed by atoms with van der Waals surface area (Å²) in [7, 11) is 0. The normalized spacial score (nSPS) is 10.3. The van der Waals surface area contributed by atoms with Gasteiger partial charge in [-0.15, -0.1) is 0 Å². The molecule has 0 saturated carbocycles. The number of aryl methyl sites for hydroxylation is 1. The van der Waals surface area contributed by atoms with E-state index in [9.17, 15) is 24.5 Å². The summed E-state index contributed by atoms with van der Waals surface area (Å²) in [6, 6.07) is 5.73. The molecule has 0 atom stereocenters. The Balaban J connectivity index is 2.32. The minimum Gasteiger partial charge on any atom is -0.365 e. The summed E-state index contributed by atoms with van der Waals surface area (Å²) >= 11 is 6.01. The molecular weight excluding hydrogens is 352 g/mol. The Morgan fingerprint density at radius 3 is 2.60 bits per heavy atom. The zero-order chi connectivity index (χ0) is 18.7. The summed E-state index contributed by atoms with van der Waals surface area (Å²) in [5.41, 5.74) is 4.26. The standard InChI is InChI=1S/C15H13ClN4O5/c1-8-2-3-12(11(16)4-8)18-13(21)7-19-6-9(20(24)25)5-10(14(17)22)15(19)23/h2-6H,7H2,1H3,(H2,17,22)(H,18,21). The van der Waals surface area contributed by atoms with E-state index < -0.39 is 40.1 Å². The Kier molecular flexibility index (Phi) is 5.18. The molecule has 10 heteroatoms. The predicted molar refractivity (Wildman–Crippen MR) is 90.7 cm³/mol. The van der Waals surface area contributed by atoms with Gasteiger partial charge in [-0.05, 0) is 24.6 Å². The van der Waals surface area contributed by atoms with E-state index in [2.05, 4.69) is 5.32 Å². The number of carbonyl (C=O) groups excluding carboxylic acids is 2. The van der Waals surface area contributed by atoms with Crippen molar-refractivity contribution in [3.63, 3.8) is 0 Å². The molecule has 0 radical (unpaired) electrons. The van der Waals surface area contributed by atoms with E-state index in [4.69, 9.17) is 17.3 Å². The lowest BCUT2D eigenvalue weighted by Crippen LogP contribution is -2.33. The molecule has 1 aromatic heterocycles. The zero-order valence-electron chi connectivity index (χ0n) is 13.0. The maximum atomic E-state index is 12.1. The van der Waals surface area contributed by atoms with Crippen LogP contribution in [-0.4, -0.2) is 21.3 Å². The zero-order valence-corrected chi connectivity index (χ0v) is 13.7. The fraction of sp³-hybridized carbons (Fsp3) is 0.133. The highest BCUT2D eigenvalue weighted by Gasteiger charge is 2.19. The molecule has 0 bridgehead atoms. The number of nitrogens with two attached hydrogens (primary N) is 1. The number of rotatable bonds is 5. The van der Waals surface area contributed by atoms with Crippen molar-refractivity contribution < 1.29 is 14.5 Å². The molecular formula is C15H13ClN4O5. The topological polar surface area (TPSA) is 137 Å². The number of anilines is 1. The summed E-state index contributed by atoms with van der Waals surface area (Å²) < 4.78 is 0.746. The van der Waals surface area contributed by atoms with Crippen molar-refractivity contribution in [2.24, 2.45) is 5.73 Å². The van der Waals surface area contributed by atoms with Crippen LogP contribution >= 0.6 is 11.6 Å². The van der Waals surface area contributed by atoms with Gasteiger partial charge < -0.3 is 11.1 Å². The smallest absolute Gasteiger partial charge is 0.286 e. The van der Waals surface area contributed by atoms with E-state index in [1.54, 1.807) is 18.2 Å². The second-order valence-electron chi connectivity index (χ2n) is 5.20. The number of nitrogens with zero attached hydrogens (tertiary/aromatic N) is 2. The number of hydrogen-bond donors (Lipinski definition) is 2. The van der Waals surface area contributed by atoms with E-state index in [0.717, 1.165) is 22.4 Å². The first kappa shape index (κ1) is 18.1. The lowest BCUT2D eigenvalue weighted by atomic mass is 10.2. The van der Waals surface area contributed by atoms with Crippen molar-refractivity contribution in [2.75, 3.05) is 5.32 Å². The molecule has 1 aromatic carbocycles. The van der Waals surface area contributed by atoms with Crippen LogP contribution in [-0.2, 0) is 11.3 Å². The lowest BCUT2D eigenvalue weighted by molar-refractivity contribution is -0.385. The molecule has 25 heavy (non-hydrogen) atoms. The summed E-state index contributed by atoms with van der Waals surface area (Å²) in [4.78, 5) is 45.6. The summed E-state index contributed by atoms with van der Waals surface area (Å²) in [5, 5.41) is 13.7. The summed E-state index contributed by atoms with van der Waals surface area (Å²) in [5.74, 6) is -1.77. The largest absolute Gasteiger partial charge is 0.365 e. The molecule has 3 N–H and O–H groups in total. The number of pyridine rings is 1. The fourth-order valence-electron chi connectivity index (χ4n) is 2.08. The van der Waals surface area contributed by atoms with Gasteiger partial charge in [-0.2, -0.15) is 0 Å². The molecule has 2 aromatic rings. The van der Waals surface area contributed by atoms with Gasteiger partial charge in [0, 0.05) is 6.07 Å². The Morgan fingerprint density at radius 2 is 2.04 bits per heavy atom. The van der Waals surface area contributed by atoms with Gasteiger partial charge >= 0.3 is 0 Å². The van der Waals surface area contributed by atoms with Crippen LogP contribution in [0.1, 0.15) is 15.9 Å². The van der Waals surface area contributed by atoms with Crippen molar-refractivity contribution in [3.05, 3.63) is 67.1 Å². The molecule has 1 heterocycles. The number of benzene rings is 1.